The maximum atomic E-state index is 12.3. The fourth-order valence-corrected chi connectivity index (χ4v) is 3.70. The Balaban J connectivity index is 1.69. The number of benzene rings is 1. The number of nitrogens with one attached hydrogen (secondary N) is 1. The summed E-state index contributed by atoms with van der Waals surface area (Å²) in [6.45, 7) is 8.75. The minimum Gasteiger partial charge on any atom is -0.379 e. The molecule has 1 amide bonds. The number of carbonyl (C=O) groups is 2. The van der Waals surface area contributed by atoms with Crippen molar-refractivity contribution in [3.05, 3.63) is 35.4 Å². The Morgan fingerprint density at radius 2 is 1.64 bits per heavy atom. The summed E-state index contributed by atoms with van der Waals surface area (Å²) in [5, 5.41) is 2.99. The first-order valence-electron chi connectivity index (χ1n) is 10.6. The Morgan fingerprint density at radius 1 is 1.00 bits per heavy atom. The monoisotopic (exact) mass is 389 g/mol. The number of amides is 1. The number of carbonyl (C=O) groups excluding carboxylic acids is 2. The van der Waals surface area contributed by atoms with Crippen LogP contribution in [0.5, 0.6) is 0 Å². The van der Waals surface area contributed by atoms with Gasteiger partial charge in [-0.1, -0.05) is 38.1 Å². The van der Waals surface area contributed by atoms with Crippen LogP contribution in [-0.4, -0.2) is 44.7 Å². The quantitative estimate of drug-likeness (QED) is 0.459. The lowest BCUT2D eigenvalue weighted by atomic mass is 9.78. The molecule has 0 radical (unpaired) electrons. The highest BCUT2D eigenvalue weighted by atomic mass is 16.5. The van der Waals surface area contributed by atoms with Crippen molar-refractivity contribution in [2.24, 2.45) is 11.8 Å². The third-order valence-electron chi connectivity index (χ3n) is 5.41. The molecule has 1 aromatic carbocycles. The number of ketones is 1. The van der Waals surface area contributed by atoms with Crippen molar-refractivity contribution in [3.8, 4) is 0 Å². The molecule has 1 N–H and O–H groups in total. The van der Waals surface area contributed by atoms with E-state index >= 15 is 0 Å². The van der Waals surface area contributed by atoms with Gasteiger partial charge in [-0.15, -0.1) is 0 Å². The van der Waals surface area contributed by atoms with Crippen LogP contribution >= 0.6 is 0 Å². The van der Waals surface area contributed by atoms with Crippen LogP contribution in [0.3, 0.4) is 0 Å². The largest absolute Gasteiger partial charge is 0.379 e. The molecule has 1 fully saturated rings. The molecule has 28 heavy (non-hydrogen) atoms. The minimum absolute atomic E-state index is 0.0230. The van der Waals surface area contributed by atoms with Crippen LogP contribution in [0.1, 0.15) is 68.3 Å². The molecule has 2 rings (SSSR count). The van der Waals surface area contributed by atoms with E-state index < -0.39 is 0 Å². The van der Waals surface area contributed by atoms with Gasteiger partial charge in [0, 0.05) is 30.6 Å². The molecule has 5 nitrogen and oxygen atoms in total. The predicted molar refractivity (Wildman–Crippen MR) is 111 cm³/mol. The average molecular weight is 390 g/mol. The maximum absolute atomic E-state index is 12.3. The van der Waals surface area contributed by atoms with E-state index in [9.17, 15) is 9.59 Å². The molecule has 0 atom stereocenters. The summed E-state index contributed by atoms with van der Waals surface area (Å²) in [5.41, 5.74) is 2.07. The molecule has 156 valence electrons. The number of Topliss-reactive ketones (excluding diaryl/α,β-unsaturated/α-hetero) is 1. The molecule has 0 heterocycles. The van der Waals surface area contributed by atoms with Crippen molar-refractivity contribution in [1.82, 2.24) is 5.32 Å². The number of hydrogen-bond acceptors (Lipinski definition) is 4. The van der Waals surface area contributed by atoms with E-state index in [0.717, 1.165) is 31.2 Å². The summed E-state index contributed by atoms with van der Waals surface area (Å²) < 4.78 is 10.6. The van der Waals surface area contributed by atoms with Gasteiger partial charge in [0.1, 0.15) is 0 Å². The highest BCUT2D eigenvalue weighted by Crippen LogP contribution is 2.36. The van der Waals surface area contributed by atoms with Crippen molar-refractivity contribution in [3.63, 3.8) is 0 Å². The zero-order valence-electron chi connectivity index (χ0n) is 17.5. The summed E-state index contributed by atoms with van der Waals surface area (Å²) in [4.78, 5) is 24.4. The SMILES string of the molecule is CCOCCOCCNC(=O)C1CCC(c2ccc(C(=O)C(C)C)cc2)CC1. The summed E-state index contributed by atoms with van der Waals surface area (Å²) in [5.74, 6) is 0.934. The second-order valence-electron chi connectivity index (χ2n) is 7.79. The van der Waals surface area contributed by atoms with Crippen molar-refractivity contribution < 1.29 is 19.1 Å². The van der Waals surface area contributed by atoms with E-state index in [0.29, 0.717) is 38.9 Å². The van der Waals surface area contributed by atoms with Gasteiger partial charge in [-0.25, -0.2) is 0 Å². The predicted octanol–water partition coefficient (Wildman–Crippen LogP) is 3.97. The second kappa shape index (κ2) is 12.0. The van der Waals surface area contributed by atoms with Gasteiger partial charge >= 0.3 is 0 Å². The second-order valence-corrected chi connectivity index (χ2v) is 7.79. The van der Waals surface area contributed by atoms with E-state index in [4.69, 9.17) is 9.47 Å². The molecule has 1 aliphatic carbocycles. The normalized spacial score (nSPS) is 19.6. The number of rotatable bonds is 11. The van der Waals surface area contributed by atoms with Crippen LogP contribution in [0.25, 0.3) is 0 Å². The van der Waals surface area contributed by atoms with Crippen LogP contribution < -0.4 is 5.32 Å². The Kier molecular flexibility index (Phi) is 9.65. The lowest BCUT2D eigenvalue weighted by Crippen LogP contribution is -2.35. The first kappa shape index (κ1) is 22.6. The van der Waals surface area contributed by atoms with E-state index in [1.165, 1.54) is 5.56 Å². The molecule has 0 bridgehead atoms. The highest BCUT2D eigenvalue weighted by Gasteiger charge is 2.27. The first-order valence-corrected chi connectivity index (χ1v) is 10.6. The molecule has 0 aliphatic heterocycles. The standard InChI is InChI=1S/C23H35NO4/c1-4-27-15-16-28-14-13-24-23(26)21-11-7-19(8-12-21)18-5-9-20(10-6-18)22(25)17(2)3/h5-6,9-10,17,19,21H,4,7-8,11-16H2,1-3H3,(H,24,26). The molecule has 0 spiro atoms. The lowest BCUT2D eigenvalue weighted by molar-refractivity contribution is -0.126. The summed E-state index contributed by atoms with van der Waals surface area (Å²) >= 11 is 0. The van der Waals surface area contributed by atoms with Gasteiger partial charge < -0.3 is 14.8 Å². The third kappa shape index (κ3) is 7.02. The van der Waals surface area contributed by atoms with Crippen LogP contribution in [0.15, 0.2) is 24.3 Å². The van der Waals surface area contributed by atoms with Gasteiger partial charge in [-0.05, 0) is 44.1 Å². The Bertz CT molecular complexity index is 604. The zero-order valence-corrected chi connectivity index (χ0v) is 17.5. The molecular weight excluding hydrogens is 354 g/mol. The van der Waals surface area contributed by atoms with Crippen LogP contribution in [-0.2, 0) is 14.3 Å². The molecule has 0 unspecified atom stereocenters. The van der Waals surface area contributed by atoms with Gasteiger partial charge in [-0.2, -0.15) is 0 Å². The first-order chi connectivity index (χ1) is 13.5. The van der Waals surface area contributed by atoms with Crippen molar-refractivity contribution in [2.45, 2.75) is 52.4 Å². The van der Waals surface area contributed by atoms with Gasteiger partial charge in [-0.3, -0.25) is 9.59 Å². The van der Waals surface area contributed by atoms with E-state index in [-0.39, 0.29) is 23.5 Å². The fourth-order valence-electron chi connectivity index (χ4n) is 3.70. The maximum Gasteiger partial charge on any atom is 0.223 e. The average Bonchev–Trinajstić information content (AvgIpc) is 2.72. The van der Waals surface area contributed by atoms with Gasteiger partial charge in [0.25, 0.3) is 0 Å². The lowest BCUT2D eigenvalue weighted by Gasteiger charge is -2.28. The number of hydrogen-bond donors (Lipinski definition) is 1. The molecule has 1 aliphatic rings. The Labute approximate surface area is 169 Å². The number of ether oxygens (including phenoxy) is 2. The third-order valence-corrected chi connectivity index (χ3v) is 5.41. The van der Waals surface area contributed by atoms with Gasteiger partial charge in [0.2, 0.25) is 5.91 Å². The molecule has 1 aromatic rings. The van der Waals surface area contributed by atoms with E-state index in [1.54, 1.807) is 0 Å². The van der Waals surface area contributed by atoms with Gasteiger partial charge in [0.15, 0.2) is 5.78 Å². The fraction of sp³-hybridized carbons (Fsp3) is 0.652. The summed E-state index contributed by atoms with van der Waals surface area (Å²) in [6, 6.07) is 8.06. The van der Waals surface area contributed by atoms with E-state index in [2.05, 4.69) is 17.4 Å². The summed E-state index contributed by atoms with van der Waals surface area (Å²) in [7, 11) is 0. The minimum atomic E-state index is 0.0230. The highest BCUT2D eigenvalue weighted by molar-refractivity contribution is 5.97. The van der Waals surface area contributed by atoms with Crippen LogP contribution in [0.4, 0.5) is 0 Å². The van der Waals surface area contributed by atoms with Crippen molar-refractivity contribution in [1.29, 1.82) is 0 Å². The zero-order chi connectivity index (χ0) is 20.4. The Hall–Kier alpha value is -1.72. The van der Waals surface area contributed by atoms with Crippen LogP contribution in [0, 0.1) is 11.8 Å². The summed E-state index contributed by atoms with van der Waals surface area (Å²) in [6.07, 6.45) is 3.85. The Morgan fingerprint density at radius 3 is 2.25 bits per heavy atom. The topological polar surface area (TPSA) is 64.6 Å². The molecule has 0 aromatic heterocycles. The van der Waals surface area contributed by atoms with E-state index in [1.807, 2.05) is 32.9 Å². The molecular formula is C23H35NO4. The van der Waals surface area contributed by atoms with Crippen molar-refractivity contribution >= 4 is 11.7 Å². The molecule has 0 saturated heterocycles. The van der Waals surface area contributed by atoms with Gasteiger partial charge in [0.05, 0.1) is 19.8 Å². The van der Waals surface area contributed by atoms with Crippen LogP contribution in [0.2, 0.25) is 0 Å². The van der Waals surface area contributed by atoms with Crippen molar-refractivity contribution in [2.75, 3.05) is 33.0 Å². The molecule has 1 saturated carbocycles. The smallest absolute Gasteiger partial charge is 0.223 e. The molecule has 5 heteroatoms.